The maximum Gasteiger partial charge on any atom is 0.178 e. The number of imidazole rings is 1. The topological polar surface area (TPSA) is 20.7 Å². The summed E-state index contributed by atoms with van der Waals surface area (Å²) in [6.45, 7) is 0. The Morgan fingerprint density at radius 2 is 1.89 bits per heavy atom. The van der Waals surface area contributed by atoms with Crippen molar-refractivity contribution in [3.63, 3.8) is 0 Å². The molecule has 5 heteroatoms. The molecule has 2 fully saturated rings. The van der Waals surface area contributed by atoms with Gasteiger partial charge in [-0.3, -0.25) is 0 Å². The van der Waals surface area contributed by atoms with Gasteiger partial charge in [-0.1, -0.05) is 0 Å². The predicted octanol–water partition coefficient (Wildman–Crippen LogP) is 4.96. The number of nitrogens with zero attached hydrogens (tertiary/aromatic N) is 1. The van der Waals surface area contributed by atoms with Gasteiger partial charge in [0, 0.05) is 12.1 Å². The molecule has 4 rings (SSSR count). The lowest BCUT2D eigenvalue weighted by Gasteiger charge is -2.18. The molecule has 100 valence electrons. The number of hydrogen-bond acceptors (Lipinski definition) is 1. The molecule has 1 aromatic heterocycles. The quantitative estimate of drug-likeness (QED) is 0.783. The van der Waals surface area contributed by atoms with Crippen LogP contribution in [-0.2, 0) is 0 Å². The Bertz CT molecular complexity index is 700. The number of aromatic nitrogens is 2. The number of aromatic amines is 1. The molecule has 0 spiro atoms. The van der Waals surface area contributed by atoms with Gasteiger partial charge in [0.2, 0.25) is 0 Å². The van der Waals surface area contributed by atoms with Crippen LogP contribution in [0, 0.1) is 22.4 Å². The number of fused-ring (bicyclic) bond motifs is 1. The highest BCUT2D eigenvalue weighted by molar-refractivity contribution is 9.10. The van der Waals surface area contributed by atoms with Gasteiger partial charge >= 0.3 is 0 Å². The zero-order valence-corrected chi connectivity index (χ0v) is 12.7. The smallest absolute Gasteiger partial charge is 0.178 e. The van der Waals surface area contributed by atoms with Gasteiger partial charge in [-0.15, -0.1) is 0 Å². The third-order valence-corrected chi connectivity index (χ3v) is 5.17. The van der Waals surface area contributed by atoms with Crippen molar-refractivity contribution < 1.29 is 4.39 Å². The molecule has 2 aromatic rings. The van der Waals surface area contributed by atoms with Crippen LogP contribution in [0.5, 0.6) is 0 Å². The second-order valence-corrected chi connectivity index (χ2v) is 6.99. The summed E-state index contributed by atoms with van der Waals surface area (Å²) >= 11 is 8.71. The van der Waals surface area contributed by atoms with Gasteiger partial charge < -0.3 is 9.55 Å². The van der Waals surface area contributed by atoms with Gasteiger partial charge in [-0.05, 0) is 71.7 Å². The molecule has 2 nitrogen and oxygen atoms in total. The first-order valence-electron chi connectivity index (χ1n) is 6.74. The highest BCUT2D eigenvalue weighted by atomic mass is 79.9. The molecule has 1 N–H and O–H groups in total. The summed E-state index contributed by atoms with van der Waals surface area (Å²) in [5.74, 6) is 1.26. The maximum atomic E-state index is 13.8. The molecule has 0 atom stereocenters. The zero-order valence-electron chi connectivity index (χ0n) is 10.3. The Hall–Kier alpha value is -0.680. The lowest BCUT2D eigenvalue weighted by atomic mass is 10.1. The van der Waals surface area contributed by atoms with Crippen molar-refractivity contribution in [2.75, 3.05) is 0 Å². The van der Waals surface area contributed by atoms with Crippen LogP contribution >= 0.6 is 28.1 Å². The number of H-pyrrole nitrogens is 1. The van der Waals surface area contributed by atoms with E-state index in [9.17, 15) is 4.39 Å². The average Bonchev–Trinajstić information content (AvgIpc) is 3.24. The summed E-state index contributed by atoms with van der Waals surface area (Å²) in [6.07, 6.45) is 5.15. The Morgan fingerprint density at radius 3 is 2.47 bits per heavy atom. The first-order chi connectivity index (χ1) is 9.15. The molecule has 1 heterocycles. The van der Waals surface area contributed by atoms with Gasteiger partial charge in [-0.2, -0.15) is 0 Å². The number of benzene rings is 1. The van der Waals surface area contributed by atoms with Gasteiger partial charge in [0.25, 0.3) is 0 Å². The van der Waals surface area contributed by atoms with Gasteiger partial charge in [0.1, 0.15) is 5.82 Å². The van der Waals surface area contributed by atoms with E-state index >= 15 is 0 Å². The number of halogens is 2. The molecule has 2 aliphatic rings. The van der Waals surface area contributed by atoms with Crippen molar-refractivity contribution in [2.24, 2.45) is 11.8 Å². The number of hydrogen-bond donors (Lipinski definition) is 1. The molecular weight excluding hydrogens is 327 g/mol. The highest BCUT2D eigenvalue weighted by Gasteiger charge is 2.43. The number of rotatable bonds is 3. The highest BCUT2D eigenvalue weighted by Crippen LogP contribution is 2.52. The van der Waals surface area contributed by atoms with Crippen LogP contribution in [0.4, 0.5) is 4.39 Å². The molecule has 2 saturated carbocycles. The minimum absolute atomic E-state index is 0.222. The van der Waals surface area contributed by atoms with Gasteiger partial charge in [0.05, 0.1) is 15.5 Å². The van der Waals surface area contributed by atoms with Crippen molar-refractivity contribution in [3.8, 4) is 0 Å². The van der Waals surface area contributed by atoms with E-state index in [1.807, 2.05) is 0 Å². The molecule has 1 aromatic carbocycles. The van der Waals surface area contributed by atoms with Gasteiger partial charge in [-0.25, -0.2) is 4.39 Å². The average molecular weight is 341 g/mol. The third kappa shape index (κ3) is 1.98. The van der Waals surface area contributed by atoms with Crippen LogP contribution in [0.15, 0.2) is 16.6 Å². The lowest BCUT2D eigenvalue weighted by molar-refractivity contribution is 0.400. The molecule has 0 unspecified atom stereocenters. The van der Waals surface area contributed by atoms with Crippen LogP contribution in [0.1, 0.15) is 31.7 Å². The van der Waals surface area contributed by atoms with E-state index in [-0.39, 0.29) is 5.82 Å². The Labute approximate surface area is 124 Å². The van der Waals surface area contributed by atoms with Crippen molar-refractivity contribution in [2.45, 2.75) is 31.7 Å². The molecule has 0 radical (unpaired) electrons. The van der Waals surface area contributed by atoms with E-state index in [2.05, 4.69) is 25.5 Å². The predicted molar refractivity (Wildman–Crippen MR) is 79.3 cm³/mol. The summed E-state index contributed by atoms with van der Waals surface area (Å²) in [4.78, 5) is 3.22. The molecule has 0 aliphatic heterocycles. The minimum Gasteiger partial charge on any atom is -0.331 e. The normalized spacial score (nSPS) is 19.5. The monoisotopic (exact) mass is 340 g/mol. The van der Waals surface area contributed by atoms with Crippen LogP contribution in [0.25, 0.3) is 11.0 Å². The zero-order chi connectivity index (χ0) is 13.1. The Balaban J connectivity index is 1.94. The first-order valence-corrected chi connectivity index (χ1v) is 7.94. The molecule has 2 aliphatic carbocycles. The van der Waals surface area contributed by atoms with E-state index < -0.39 is 0 Å². The second kappa shape index (κ2) is 4.16. The summed E-state index contributed by atoms with van der Waals surface area (Å²) in [7, 11) is 0. The summed E-state index contributed by atoms with van der Waals surface area (Å²) in [5, 5.41) is 0. The summed E-state index contributed by atoms with van der Waals surface area (Å²) in [5.41, 5.74) is 1.83. The fourth-order valence-electron chi connectivity index (χ4n) is 3.10. The van der Waals surface area contributed by atoms with E-state index in [0.29, 0.717) is 10.5 Å². The van der Waals surface area contributed by atoms with Crippen molar-refractivity contribution >= 4 is 39.2 Å². The Kier molecular flexibility index (Phi) is 2.64. The first kappa shape index (κ1) is 12.1. The van der Waals surface area contributed by atoms with E-state index in [1.54, 1.807) is 12.1 Å². The standard InChI is InChI=1S/C14H14BrFN2S/c15-9-5-11-12(6-10(9)16)18(14(19)17-11)13(7-1-2-7)8-3-4-8/h5-8,13H,1-4H2,(H,17,19). The summed E-state index contributed by atoms with van der Waals surface area (Å²) in [6, 6.07) is 3.86. The third-order valence-electron chi connectivity index (χ3n) is 4.27. The van der Waals surface area contributed by atoms with Crippen LogP contribution in [0.3, 0.4) is 0 Å². The van der Waals surface area contributed by atoms with Crippen LogP contribution in [-0.4, -0.2) is 9.55 Å². The lowest BCUT2D eigenvalue weighted by Crippen LogP contribution is -2.13. The molecular formula is C14H14BrFN2S. The fourth-order valence-corrected chi connectivity index (χ4v) is 3.77. The molecule has 0 saturated heterocycles. The van der Waals surface area contributed by atoms with E-state index in [0.717, 1.165) is 27.6 Å². The SMILES string of the molecule is Fc1cc2c(cc1Br)[nH]c(=S)n2C(C1CC1)C1CC1. The van der Waals surface area contributed by atoms with E-state index in [1.165, 1.54) is 25.7 Å². The minimum atomic E-state index is -0.222. The van der Waals surface area contributed by atoms with Crippen molar-refractivity contribution in [1.82, 2.24) is 9.55 Å². The molecule has 19 heavy (non-hydrogen) atoms. The molecule has 0 bridgehead atoms. The van der Waals surface area contributed by atoms with Gasteiger partial charge in [0.15, 0.2) is 4.77 Å². The number of nitrogens with one attached hydrogen (secondary N) is 1. The maximum absolute atomic E-state index is 13.8. The van der Waals surface area contributed by atoms with E-state index in [4.69, 9.17) is 12.2 Å². The fraction of sp³-hybridized carbons (Fsp3) is 0.500. The molecule has 0 amide bonds. The van der Waals surface area contributed by atoms with Crippen LogP contribution < -0.4 is 0 Å². The second-order valence-electron chi connectivity index (χ2n) is 5.75. The van der Waals surface area contributed by atoms with Crippen LogP contribution in [0.2, 0.25) is 0 Å². The summed E-state index contributed by atoms with van der Waals surface area (Å²) < 4.78 is 17.2. The largest absolute Gasteiger partial charge is 0.331 e. The Morgan fingerprint density at radius 1 is 1.26 bits per heavy atom. The van der Waals surface area contributed by atoms with Crippen molar-refractivity contribution in [1.29, 1.82) is 0 Å². The van der Waals surface area contributed by atoms with Crippen molar-refractivity contribution in [3.05, 3.63) is 27.2 Å².